The van der Waals surface area contributed by atoms with Crippen LogP contribution in [0, 0.1) is 0 Å². The third kappa shape index (κ3) is 4.67. The quantitative estimate of drug-likeness (QED) is 0.487. The molecule has 1 aliphatic rings. The number of methoxy groups -OCH3 is 2. The monoisotopic (exact) mass is 487 g/mol. The zero-order valence-corrected chi connectivity index (χ0v) is 20.0. The van der Waals surface area contributed by atoms with Crippen LogP contribution in [-0.4, -0.2) is 33.5 Å². The van der Waals surface area contributed by atoms with E-state index in [2.05, 4.69) is 15.0 Å². The normalized spacial score (nSPS) is 15.1. The van der Waals surface area contributed by atoms with Crippen LogP contribution in [0.5, 0.6) is 11.5 Å². The second kappa shape index (κ2) is 9.40. The molecule has 1 amide bonds. The molecule has 1 aromatic heterocycles. The summed E-state index contributed by atoms with van der Waals surface area (Å²) in [5.41, 5.74) is 0.721. The molecule has 2 aromatic carbocycles. The van der Waals surface area contributed by atoms with Gasteiger partial charge in [0.1, 0.15) is 0 Å². The van der Waals surface area contributed by atoms with Crippen LogP contribution in [0.1, 0.15) is 31.2 Å². The average molecular weight is 488 g/mol. The largest absolute Gasteiger partial charge is 0.493 e. The van der Waals surface area contributed by atoms with Crippen molar-refractivity contribution in [2.45, 2.75) is 36.0 Å². The molecule has 174 valence electrons. The molecule has 1 aliphatic carbocycles. The SMILES string of the molecule is COc1ccc(C2(C(=O)Nc3ccc(S(=O)(=O)Nc4nccs4)cc3)CCCC2)cc1OC. The summed E-state index contributed by atoms with van der Waals surface area (Å²) >= 11 is 1.20. The van der Waals surface area contributed by atoms with Crippen LogP contribution in [0.3, 0.4) is 0 Å². The Kier molecular flexibility index (Phi) is 6.57. The third-order valence-electron chi connectivity index (χ3n) is 5.90. The highest BCUT2D eigenvalue weighted by molar-refractivity contribution is 7.93. The summed E-state index contributed by atoms with van der Waals surface area (Å²) in [5, 5.41) is 4.96. The molecule has 2 N–H and O–H groups in total. The van der Waals surface area contributed by atoms with Crippen molar-refractivity contribution in [3.8, 4) is 11.5 Å². The van der Waals surface area contributed by atoms with E-state index in [1.54, 1.807) is 31.7 Å². The molecule has 0 unspecified atom stereocenters. The van der Waals surface area contributed by atoms with Crippen LogP contribution < -0.4 is 19.5 Å². The number of thiazole rings is 1. The van der Waals surface area contributed by atoms with Gasteiger partial charge in [-0.25, -0.2) is 13.4 Å². The van der Waals surface area contributed by atoms with Gasteiger partial charge in [0, 0.05) is 17.3 Å². The lowest BCUT2D eigenvalue weighted by molar-refractivity contribution is -0.121. The molecule has 0 aliphatic heterocycles. The first-order valence-electron chi connectivity index (χ1n) is 10.4. The number of carbonyl (C=O) groups excluding carboxylic acids is 1. The Labute approximate surface area is 197 Å². The lowest BCUT2D eigenvalue weighted by atomic mass is 9.77. The number of aromatic nitrogens is 1. The number of ether oxygens (including phenoxy) is 2. The Morgan fingerprint density at radius 1 is 1.03 bits per heavy atom. The fourth-order valence-corrected chi connectivity index (χ4v) is 5.96. The average Bonchev–Trinajstić information content (AvgIpc) is 3.51. The van der Waals surface area contributed by atoms with Crippen molar-refractivity contribution in [1.82, 2.24) is 4.98 Å². The van der Waals surface area contributed by atoms with E-state index in [-0.39, 0.29) is 10.8 Å². The first-order chi connectivity index (χ1) is 15.9. The minimum absolute atomic E-state index is 0.0890. The molecule has 1 fully saturated rings. The van der Waals surface area contributed by atoms with Gasteiger partial charge in [0.15, 0.2) is 16.6 Å². The van der Waals surface area contributed by atoms with E-state index < -0.39 is 15.4 Å². The smallest absolute Gasteiger partial charge is 0.263 e. The standard InChI is InChI=1S/C23H25N3O5S2/c1-30-19-10-5-16(15-20(19)31-2)23(11-3-4-12-23)21(27)25-17-6-8-18(9-7-17)33(28,29)26-22-24-13-14-32-22/h5-10,13-15H,3-4,11-12H2,1-2H3,(H,24,26)(H,25,27). The number of hydrogen-bond acceptors (Lipinski definition) is 7. The molecule has 4 rings (SSSR count). The van der Waals surface area contributed by atoms with Crippen LogP contribution >= 0.6 is 11.3 Å². The summed E-state index contributed by atoms with van der Waals surface area (Å²) < 4.78 is 38.3. The molecule has 3 aromatic rings. The number of carbonyl (C=O) groups is 1. The van der Waals surface area contributed by atoms with E-state index >= 15 is 0 Å². The second-order valence-corrected chi connectivity index (χ2v) is 10.4. The number of amides is 1. The minimum Gasteiger partial charge on any atom is -0.493 e. The molecule has 0 radical (unpaired) electrons. The summed E-state index contributed by atoms with van der Waals surface area (Å²) in [7, 11) is -0.607. The van der Waals surface area contributed by atoms with E-state index in [9.17, 15) is 13.2 Å². The number of benzene rings is 2. The predicted molar refractivity (Wildman–Crippen MR) is 128 cm³/mol. The van der Waals surface area contributed by atoms with Crippen molar-refractivity contribution in [1.29, 1.82) is 0 Å². The van der Waals surface area contributed by atoms with Crippen molar-refractivity contribution in [2.24, 2.45) is 0 Å². The van der Waals surface area contributed by atoms with Gasteiger partial charge in [0.05, 0.1) is 24.5 Å². The summed E-state index contributed by atoms with van der Waals surface area (Å²) in [6, 6.07) is 11.7. The Morgan fingerprint density at radius 3 is 2.33 bits per heavy atom. The van der Waals surface area contributed by atoms with Gasteiger partial charge in [-0.15, -0.1) is 11.3 Å². The van der Waals surface area contributed by atoms with Gasteiger partial charge in [-0.1, -0.05) is 18.9 Å². The van der Waals surface area contributed by atoms with Gasteiger partial charge >= 0.3 is 0 Å². The van der Waals surface area contributed by atoms with E-state index in [0.717, 1.165) is 31.2 Å². The van der Waals surface area contributed by atoms with Gasteiger partial charge in [-0.2, -0.15) is 0 Å². The molecule has 0 bridgehead atoms. The van der Waals surface area contributed by atoms with E-state index in [1.807, 2.05) is 18.2 Å². The maximum Gasteiger partial charge on any atom is 0.263 e. The Hall–Kier alpha value is -3.11. The van der Waals surface area contributed by atoms with E-state index in [4.69, 9.17) is 9.47 Å². The first kappa shape index (κ1) is 23.1. The molecular formula is C23H25N3O5S2. The predicted octanol–water partition coefficient (Wildman–Crippen LogP) is 4.41. The number of nitrogens with one attached hydrogen (secondary N) is 2. The zero-order valence-electron chi connectivity index (χ0n) is 18.3. The highest BCUT2D eigenvalue weighted by Gasteiger charge is 2.43. The highest BCUT2D eigenvalue weighted by atomic mass is 32.2. The Balaban J connectivity index is 1.55. The maximum absolute atomic E-state index is 13.5. The van der Waals surface area contributed by atoms with Crippen molar-refractivity contribution >= 4 is 38.1 Å². The van der Waals surface area contributed by atoms with Crippen molar-refractivity contribution in [2.75, 3.05) is 24.3 Å². The number of anilines is 2. The Bertz CT molecular complexity index is 1220. The summed E-state index contributed by atoms with van der Waals surface area (Å²) in [5.74, 6) is 1.07. The summed E-state index contributed by atoms with van der Waals surface area (Å²) in [6.45, 7) is 0. The second-order valence-electron chi connectivity index (χ2n) is 7.78. The summed E-state index contributed by atoms with van der Waals surface area (Å²) in [4.78, 5) is 17.5. The van der Waals surface area contributed by atoms with Crippen molar-refractivity contribution < 1.29 is 22.7 Å². The van der Waals surface area contributed by atoms with Gasteiger partial charge in [-0.05, 0) is 54.8 Å². The molecule has 1 heterocycles. The maximum atomic E-state index is 13.5. The lowest BCUT2D eigenvalue weighted by Crippen LogP contribution is -2.38. The number of sulfonamides is 1. The van der Waals surface area contributed by atoms with Crippen LogP contribution in [-0.2, 0) is 20.2 Å². The number of hydrogen-bond donors (Lipinski definition) is 2. The molecule has 33 heavy (non-hydrogen) atoms. The molecule has 1 saturated carbocycles. The van der Waals surface area contributed by atoms with Crippen LogP contribution in [0.2, 0.25) is 0 Å². The molecule has 8 nitrogen and oxygen atoms in total. The molecular weight excluding hydrogens is 462 g/mol. The molecule has 0 atom stereocenters. The third-order valence-corrected chi connectivity index (χ3v) is 8.08. The molecule has 10 heteroatoms. The van der Waals surface area contributed by atoms with E-state index in [0.29, 0.717) is 22.3 Å². The van der Waals surface area contributed by atoms with Crippen LogP contribution in [0.15, 0.2) is 58.9 Å². The number of nitrogens with zero attached hydrogens (tertiary/aromatic N) is 1. The minimum atomic E-state index is -3.75. The summed E-state index contributed by atoms with van der Waals surface area (Å²) in [6.07, 6.45) is 4.86. The highest BCUT2D eigenvalue weighted by Crippen LogP contribution is 2.44. The zero-order chi connectivity index (χ0) is 23.5. The van der Waals surface area contributed by atoms with Gasteiger partial charge in [0.2, 0.25) is 5.91 Å². The first-order valence-corrected chi connectivity index (χ1v) is 12.8. The van der Waals surface area contributed by atoms with E-state index in [1.165, 1.54) is 29.7 Å². The molecule has 0 spiro atoms. The fourth-order valence-electron chi connectivity index (χ4n) is 4.18. The lowest BCUT2D eigenvalue weighted by Gasteiger charge is -2.29. The van der Waals surface area contributed by atoms with Gasteiger partial charge in [-0.3, -0.25) is 9.52 Å². The Morgan fingerprint density at radius 2 is 1.73 bits per heavy atom. The van der Waals surface area contributed by atoms with Crippen LogP contribution in [0.4, 0.5) is 10.8 Å². The topological polar surface area (TPSA) is 107 Å². The number of rotatable bonds is 8. The fraction of sp³-hybridized carbons (Fsp3) is 0.304. The molecule has 0 saturated heterocycles. The van der Waals surface area contributed by atoms with Gasteiger partial charge < -0.3 is 14.8 Å². The van der Waals surface area contributed by atoms with Gasteiger partial charge in [0.25, 0.3) is 10.0 Å². The van der Waals surface area contributed by atoms with Crippen LogP contribution in [0.25, 0.3) is 0 Å². The van der Waals surface area contributed by atoms with Crippen molar-refractivity contribution in [3.05, 3.63) is 59.6 Å². The van der Waals surface area contributed by atoms with Crippen molar-refractivity contribution in [3.63, 3.8) is 0 Å².